The Labute approximate surface area is 179 Å². The van der Waals surface area contributed by atoms with Crippen LogP contribution < -0.4 is 10.2 Å². The minimum absolute atomic E-state index is 0.169. The van der Waals surface area contributed by atoms with Gasteiger partial charge in [0.15, 0.2) is 15.7 Å². The van der Waals surface area contributed by atoms with Gasteiger partial charge in [0.2, 0.25) is 0 Å². The molecule has 0 aliphatic carbocycles. The lowest BCUT2D eigenvalue weighted by Crippen LogP contribution is -2.37. The topological polar surface area (TPSA) is 130 Å². The van der Waals surface area contributed by atoms with Crippen LogP contribution in [-0.2, 0) is 20.3 Å². The van der Waals surface area contributed by atoms with Crippen molar-refractivity contribution in [3.05, 3.63) is 54.2 Å². The van der Waals surface area contributed by atoms with E-state index in [1.165, 1.54) is 18.8 Å². The summed E-state index contributed by atoms with van der Waals surface area (Å²) in [4.78, 5) is 30.0. The smallest absolute Gasteiger partial charge is 0.275 e. The fourth-order valence-corrected chi connectivity index (χ4v) is 3.88. The molecule has 2 aromatic heterocycles. The quantitative estimate of drug-likeness (QED) is 0.587. The summed E-state index contributed by atoms with van der Waals surface area (Å²) in [7, 11) is -3.25. The van der Waals surface area contributed by atoms with Gasteiger partial charge in [-0.1, -0.05) is 0 Å². The SMILES string of the molecule is CS(=O)(=O)Cc1cc(N2CCOCC2)nc(-c2ccc(NC(=O)c3c[nH]cn3)cc2)n1. The van der Waals surface area contributed by atoms with Crippen LogP contribution in [0.4, 0.5) is 11.5 Å². The zero-order chi connectivity index (χ0) is 21.8. The number of carbonyl (C=O) groups excluding carboxylic acids is 1. The molecular formula is C20H22N6O4S. The highest BCUT2D eigenvalue weighted by atomic mass is 32.2. The summed E-state index contributed by atoms with van der Waals surface area (Å²) in [5.74, 6) is 0.600. The Morgan fingerprint density at radius 2 is 1.94 bits per heavy atom. The third kappa shape index (κ3) is 5.44. The first-order valence-electron chi connectivity index (χ1n) is 9.66. The number of amides is 1. The highest BCUT2D eigenvalue weighted by Gasteiger charge is 2.17. The molecule has 1 fully saturated rings. The molecule has 10 nitrogen and oxygen atoms in total. The summed E-state index contributed by atoms with van der Waals surface area (Å²) in [6.45, 7) is 2.52. The maximum absolute atomic E-state index is 12.1. The Bertz CT molecular complexity index is 1160. The first-order chi connectivity index (χ1) is 14.9. The Hall–Kier alpha value is -3.31. The molecule has 1 saturated heterocycles. The number of imidazole rings is 1. The molecule has 1 aliphatic rings. The standard InChI is InChI=1S/C20H22N6O4S/c1-31(28,29)12-16-10-18(26-6-8-30-9-7-26)25-19(23-16)14-2-4-15(5-3-14)24-20(27)17-11-21-13-22-17/h2-5,10-11,13H,6-9,12H2,1H3,(H,21,22)(H,24,27). The Balaban J connectivity index is 1.61. The summed E-state index contributed by atoms with van der Waals surface area (Å²) in [5.41, 5.74) is 2.03. The van der Waals surface area contributed by atoms with Crippen LogP contribution in [0, 0.1) is 0 Å². The van der Waals surface area contributed by atoms with Crippen LogP contribution >= 0.6 is 0 Å². The van der Waals surface area contributed by atoms with Crippen LogP contribution in [-0.4, -0.2) is 66.8 Å². The second-order valence-electron chi connectivity index (χ2n) is 7.20. The third-order valence-corrected chi connectivity index (χ3v) is 5.46. The Kier molecular flexibility index (Phi) is 5.96. The number of sulfone groups is 1. The normalized spacial score (nSPS) is 14.4. The fourth-order valence-electron chi connectivity index (χ4n) is 3.19. The molecule has 0 bridgehead atoms. The van der Waals surface area contributed by atoms with Gasteiger partial charge in [-0.2, -0.15) is 0 Å². The summed E-state index contributed by atoms with van der Waals surface area (Å²) in [6.07, 6.45) is 4.13. The minimum atomic E-state index is -3.25. The molecule has 31 heavy (non-hydrogen) atoms. The van der Waals surface area contributed by atoms with Gasteiger partial charge >= 0.3 is 0 Å². The monoisotopic (exact) mass is 442 g/mol. The van der Waals surface area contributed by atoms with E-state index in [0.29, 0.717) is 54.9 Å². The number of aromatic amines is 1. The first-order valence-corrected chi connectivity index (χ1v) is 11.7. The number of ether oxygens (including phenoxy) is 1. The van der Waals surface area contributed by atoms with Gasteiger partial charge in [0.1, 0.15) is 11.5 Å². The predicted molar refractivity (Wildman–Crippen MR) is 116 cm³/mol. The summed E-state index contributed by atoms with van der Waals surface area (Å²) in [5, 5.41) is 2.76. The summed E-state index contributed by atoms with van der Waals surface area (Å²) >= 11 is 0. The average Bonchev–Trinajstić information content (AvgIpc) is 3.29. The highest BCUT2D eigenvalue weighted by molar-refractivity contribution is 7.89. The van der Waals surface area contributed by atoms with E-state index in [1.54, 1.807) is 30.3 Å². The molecule has 0 unspecified atom stereocenters. The fraction of sp³-hybridized carbons (Fsp3) is 0.300. The second-order valence-corrected chi connectivity index (χ2v) is 9.34. The number of hydrogen-bond acceptors (Lipinski definition) is 8. The van der Waals surface area contributed by atoms with Crippen molar-refractivity contribution in [2.24, 2.45) is 0 Å². The molecule has 2 N–H and O–H groups in total. The maximum Gasteiger partial charge on any atom is 0.275 e. The van der Waals surface area contributed by atoms with Crippen LogP contribution in [0.5, 0.6) is 0 Å². The van der Waals surface area contributed by atoms with Crippen LogP contribution in [0.1, 0.15) is 16.2 Å². The van der Waals surface area contributed by atoms with E-state index >= 15 is 0 Å². The van der Waals surface area contributed by atoms with Crippen molar-refractivity contribution in [3.63, 3.8) is 0 Å². The summed E-state index contributed by atoms with van der Waals surface area (Å²) < 4.78 is 29.1. The van der Waals surface area contributed by atoms with Crippen molar-refractivity contribution in [1.82, 2.24) is 19.9 Å². The van der Waals surface area contributed by atoms with Gasteiger partial charge in [0, 0.05) is 42.9 Å². The predicted octanol–water partition coefficient (Wildman–Crippen LogP) is 1.50. The molecule has 3 heterocycles. The zero-order valence-electron chi connectivity index (χ0n) is 16.9. The Morgan fingerprint density at radius 1 is 1.19 bits per heavy atom. The number of morpholine rings is 1. The first kappa shape index (κ1) is 20.9. The highest BCUT2D eigenvalue weighted by Crippen LogP contribution is 2.23. The molecule has 1 aliphatic heterocycles. The van der Waals surface area contributed by atoms with E-state index in [9.17, 15) is 13.2 Å². The molecule has 0 radical (unpaired) electrons. The molecule has 4 rings (SSSR count). The molecular weight excluding hydrogens is 420 g/mol. The minimum Gasteiger partial charge on any atom is -0.378 e. The lowest BCUT2D eigenvalue weighted by atomic mass is 10.2. The molecule has 1 aromatic carbocycles. The molecule has 3 aromatic rings. The molecule has 0 atom stereocenters. The maximum atomic E-state index is 12.1. The van der Waals surface area contributed by atoms with Crippen molar-refractivity contribution < 1.29 is 17.9 Å². The van der Waals surface area contributed by atoms with Gasteiger partial charge in [-0.25, -0.2) is 23.4 Å². The third-order valence-electron chi connectivity index (χ3n) is 4.64. The number of rotatable bonds is 6. The van der Waals surface area contributed by atoms with Crippen LogP contribution in [0.15, 0.2) is 42.9 Å². The van der Waals surface area contributed by atoms with Crippen molar-refractivity contribution in [3.8, 4) is 11.4 Å². The molecule has 162 valence electrons. The number of H-pyrrole nitrogens is 1. The number of benzene rings is 1. The van der Waals surface area contributed by atoms with Crippen molar-refractivity contribution in [1.29, 1.82) is 0 Å². The van der Waals surface area contributed by atoms with Crippen LogP contribution in [0.25, 0.3) is 11.4 Å². The Morgan fingerprint density at radius 3 is 2.58 bits per heavy atom. The number of nitrogens with zero attached hydrogens (tertiary/aromatic N) is 4. The van der Waals surface area contributed by atoms with Gasteiger partial charge in [-0.3, -0.25) is 4.79 Å². The average molecular weight is 443 g/mol. The van der Waals surface area contributed by atoms with E-state index in [0.717, 1.165) is 0 Å². The van der Waals surface area contributed by atoms with Gasteiger partial charge in [-0.15, -0.1) is 0 Å². The van der Waals surface area contributed by atoms with E-state index in [4.69, 9.17) is 4.74 Å². The number of hydrogen-bond donors (Lipinski definition) is 2. The van der Waals surface area contributed by atoms with E-state index in [-0.39, 0.29) is 17.4 Å². The zero-order valence-corrected chi connectivity index (χ0v) is 17.7. The van der Waals surface area contributed by atoms with E-state index in [1.807, 2.05) is 0 Å². The van der Waals surface area contributed by atoms with Crippen molar-refractivity contribution >= 4 is 27.2 Å². The van der Waals surface area contributed by atoms with Gasteiger partial charge in [-0.05, 0) is 24.3 Å². The van der Waals surface area contributed by atoms with Gasteiger partial charge < -0.3 is 19.9 Å². The molecule has 11 heteroatoms. The number of carbonyl (C=O) groups is 1. The second kappa shape index (κ2) is 8.82. The molecule has 0 spiro atoms. The van der Waals surface area contributed by atoms with Crippen LogP contribution in [0.3, 0.4) is 0 Å². The largest absolute Gasteiger partial charge is 0.378 e. The van der Waals surface area contributed by atoms with Gasteiger partial charge in [0.25, 0.3) is 5.91 Å². The van der Waals surface area contributed by atoms with Crippen molar-refractivity contribution in [2.75, 3.05) is 42.8 Å². The molecule has 1 amide bonds. The summed E-state index contributed by atoms with van der Waals surface area (Å²) in [6, 6.07) is 8.75. The van der Waals surface area contributed by atoms with E-state index < -0.39 is 9.84 Å². The van der Waals surface area contributed by atoms with E-state index in [2.05, 4.69) is 30.2 Å². The van der Waals surface area contributed by atoms with Gasteiger partial charge in [0.05, 0.1) is 31.0 Å². The lowest BCUT2D eigenvalue weighted by Gasteiger charge is -2.28. The lowest BCUT2D eigenvalue weighted by molar-refractivity contribution is 0.102. The van der Waals surface area contributed by atoms with Crippen LogP contribution in [0.2, 0.25) is 0 Å². The van der Waals surface area contributed by atoms with Crippen molar-refractivity contribution in [2.45, 2.75) is 5.75 Å². The number of aromatic nitrogens is 4. The molecule has 0 saturated carbocycles. The number of anilines is 2. The number of nitrogens with one attached hydrogen (secondary N) is 2.